The number of hydrogen-bond acceptors (Lipinski definition) is 7. The van der Waals surface area contributed by atoms with Gasteiger partial charge >= 0.3 is 6.03 Å². The van der Waals surface area contributed by atoms with Crippen LogP contribution in [0.1, 0.15) is 32.8 Å². The van der Waals surface area contributed by atoms with Crippen LogP contribution in [0.3, 0.4) is 0 Å². The standard InChI is InChI=1S/C33H35FN6O5S.CH4/c1-23(41)36-31-20-26(11-14-30(31)34)37-33(42)40(27-6-4-3-5-7-27)28-16-18-39(19-17-28)22-24-8-15-32(35-21-24)45-29-12-9-25(10-13-29)38-46(2,43)44;/h3-15,20-21,28,38H,16-19,22H2,1-2H3,(H,36,41)(H,37,42);1H4. The molecule has 0 spiro atoms. The van der Waals surface area contributed by atoms with E-state index in [2.05, 4.69) is 25.2 Å². The van der Waals surface area contributed by atoms with Crippen molar-refractivity contribution >= 4 is 44.7 Å². The maximum Gasteiger partial charge on any atom is 0.326 e. The van der Waals surface area contributed by atoms with Crippen molar-refractivity contribution in [1.29, 1.82) is 0 Å². The minimum absolute atomic E-state index is 0. The normalized spacial score (nSPS) is 13.6. The molecule has 0 unspecified atom stereocenters. The minimum atomic E-state index is -3.36. The van der Waals surface area contributed by atoms with Crippen molar-refractivity contribution in [3.63, 3.8) is 0 Å². The summed E-state index contributed by atoms with van der Waals surface area (Å²) >= 11 is 0. The predicted octanol–water partition coefficient (Wildman–Crippen LogP) is 6.68. The number of benzene rings is 3. The second-order valence-corrected chi connectivity index (χ2v) is 12.8. The number of aromatic nitrogens is 1. The van der Waals surface area contributed by atoms with E-state index in [9.17, 15) is 22.4 Å². The van der Waals surface area contributed by atoms with Crippen molar-refractivity contribution in [1.82, 2.24) is 9.88 Å². The van der Waals surface area contributed by atoms with Crippen LogP contribution in [0.25, 0.3) is 0 Å². The van der Waals surface area contributed by atoms with E-state index in [-0.39, 0.29) is 25.2 Å². The highest BCUT2D eigenvalue weighted by atomic mass is 32.2. The summed E-state index contributed by atoms with van der Waals surface area (Å²) in [6.45, 7) is 3.50. The van der Waals surface area contributed by atoms with Crippen LogP contribution in [0.5, 0.6) is 11.6 Å². The lowest BCUT2D eigenvalue weighted by atomic mass is 10.0. The SMILES string of the molecule is C.CC(=O)Nc1cc(NC(=O)N(c2ccccc2)C2CCN(Cc3ccc(Oc4ccc(NS(C)(=O)=O)cc4)nc3)CC2)ccc1F. The van der Waals surface area contributed by atoms with Crippen molar-refractivity contribution in [2.45, 2.75) is 39.8 Å². The Morgan fingerprint density at radius 2 is 1.64 bits per heavy atom. The molecule has 1 aliphatic rings. The Hall–Kier alpha value is -5.01. The average Bonchev–Trinajstić information content (AvgIpc) is 3.01. The van der Waals surface area contributed by atoms with Gasteiger partial charge in [0.1, 0.15) is 11.6 Å². The molecular formula is C34H39FN6O5S. The molecule has 0 atom stereocenters. The summed E-state index contributed by atoms with van der Waals surface area (Å²) in [5, 5.41) is 5.31. The van der Waals surface area contributed by atoms with Crippen LogP contribution < -0.4 is 25.0 Å². The predicted molar refractivity (Wildman–Crippen MR) is 183 cm³/mol. The van der Waals surface area contributed by atoms with Crippen LogP contribution in [0.2, 0.25) is 0 Å². The van der Waals surface area contributed by atoms with E-state index < -0.39 is 21.7 Å². The molecule has 0 radical (unpaired) electrons. The van der Waals surface area contributed by atoms with E-state index in [0.717, 1.165) is 43.4 Å². The molecule has 3 amide bonds. The Morgan fingerprint density at radius 3 is 2.26 bits per heavy atom. The highest BCUT2D eigenvalue weighted by molar-refractivity contribution is 7.92. The second kappa shape index (κ2) is 15.5. The highest BCUT2D eigenvalue weighted by Crippen LogP contribution is 2.27. The number of likely N-dealkylation sites (tertiary alicyclic amines) is 1. The van der Waals surface area contributed by atoms with Gasteiger partial charge in [-0.15, -0.1) is 0 Å². The first-order valence-electron chi connectivity index (χ1n) is 14.7. The van der Waals surface area contributed by atoms with Gasteiger partial charge in [-0.2, -0.15) is 0 Å². The third-order valence-corrected chi connectivity index (χ3v) is 7.89. The summed E-state index contributed by atoms with van der Waals surface area (Å²) in [6, 6.07) is 23.4. The molecule has 1 aromatic heterocycles. The molecule has 5 rings (SSSR count). The number of carbonyl (C=O) groups excluding carboxylic acids is 2. The zero-order valence-corrected chi connectivity index (χ0v) is 26.3. The van der Waals surface area contributed by atoms with Gasteiger partial charge in [-0.05, 0) is 73.0 Å². The smallest absolute Gasteiger partial charge is 0.326 e. The lowest BCUT2D eigenvalue weighted by molar-refractivity contribution is -0.114. The third kappa shape index (κ3) is 9.99. The van der Waals surface area contributed by atoms with Gasteiger partial charge in [-0.1, -0.05) is 31.7 Å². The molecule has 2 heterocycles. The van der Waals surface area contributed by atoms with Crippen LogP contribution >= 0.6 is 0 Å². The number of hydrogen-bond donors (Lipinski definition) is 3. The molecule has 0 bridgehead atoms. The van der Waals surface area contributed by atoms with E-state index >= 15 is 0 Å². The fourth-order valence-electron chi connectivity index (χ4n) is 5.24. The van der Waals surface area contributed by atoms with E-state index in [1.54, 1.807) is 41.4 Å². The molecule has 1 aliphatic heterocycles. The summed E-state index contributed by atoms with van der Waals surface area (Å²) in [7, 11) is -3.36. The topological polar surface area (TPSA) is 133 Å². The van der Waals surface area contributed by atoms with Gasteiger partial charge < -0.3 is 15.4 Å². The number of nitrogens with one attached hydrogen (secondary N) is 3. The quantitative estimate of drug-likeness (QED) is 0.173. The van der Waals surface area contributed by atoms with Crippen LogP contribution in [-0.2, 0) is 21.4 Å². The summed E-state index contributed by atoms with van der Waals surface area (Å²) in [5.41, 5.74) is 2.58. The lowest BCUT2D eigenvalue weighted by Crippen LogP contribution is -2.49. The summed E-state index contributed by atoms with van der Waals surface area (Å²) < 4.78 is 45.2. The Bertz CT molecular complexity index is 1770. The summed E-state index contributed by atoms with van der Waals surface area (Å²) in [4.78, 5) is 33.6. The van der Waals surface area contributed by atoms with Gasteiger partial charge in [-0.3, -0.25) is 19.3 Å². The fraction of sp³-hybridized carbons (Fsp3) is 0.265. The second-order valence-electron chi connectivity index (χ2n) is 11.0. The first-order valence-corrected chi connectivity index (χ1v) is 16.6. The van der Waals surface area contributed by atoms with E-state index in [1.807, 2.05) is 36.4 Å². The van der Waals surface area contributed by atoms with E-state index in [0.29, 0.717) is 29.5 Å². The van der Waals surface area contributed by atoms with Gasteiger partial charge in [0.15, 0.2) is 0 Å². The van der Waals surface area contributed by atoms with Crippen molar-refractivity contribution in [3.8, 4) is 11.6 Å². The molecule has 1 saturated heterocycles. The van der Waals surface area contributed by atoms with Crippen molar-refractivity contribution in [2.75, 3.05) is 39.6 Å². The molecule has 0 aliphatic carbocycles. The number of nitrogens with zero attached hydrogens (tertiary/aromatic N) is 3. The largest absolute Gasteiger partial charge is 0.439 e. The van der Waals surface area contributed by atoms with Crippen molar-refractivity contribution in [3.05, 3.63) is 103 Å². The minimum Gasteiger partial charge on any atom is -0.439 e. The van der Waals surface area contributed by atoms with Crippen LogP contribution in [0, 0.1) is 5.82 Å². The maximum atomic E-state index is 14.2. The third-order valence-electron chi connectivity index (χ3n) is 7.29. The monoisotopic (exact) mass is 662 g/mol. The van der Waals surface area contributed by atoms with Crippen LogP contribution in [0.15, 0.2) is 91.1 Å². The highest BCUT2D eigenvalue weighted by Gasteiger charge is 2.29. The number of halogens is 1. The first-order chi connectivity index (χ1) is 22.0. The zero-order chi connectivity index (χ0) is 32.7. The van der Waals surface area contributed by atoms with Gasteiger partial charge in [0.25, 0.3) is 0 Å². The Kier molecular flexibility index (Phi) is 11.5. The molecule has 47 heavy (non-hydrogen) atoms. The van der Waals surface area contributed by atoms with Gasteiger partial charge in [0.2, 0.25) is 21.8 Å². The number of anilines is 4. The molecular weight excluding hydrogens is 623 g/mol. The number of piperidine rings is 1. The fourth-order valence-corrected chi connectivity index (χ4v) is 5.80. The molecule has 3 N–H and O–H groups in total. The Morgan fingerprint density at radius 1 is 0.957 bits per heavy atom. The van der Waals surface area contributed by atoms with Crippen molar-refractivity contribution in [2.24, 2.45) is 0 Å². The molecule has 248 valence electrons. The van der Waals surface area contributed by atoms with E-state index in [1.165, 1.54) is 25.1 Å². The number of carbonyl (C=O) groups is 2. The number of ether oxygens (including phenoxy) is 1. The summed E-state index contributed by atoms with van der Waals surface area (Å²) in [5.74, 6) is -0.0511. The average molecular weight is 663 g/mol. The molecule has 0 saturated carbocycles. The van der Waals surface area contributed by atoms with Crippen molar-refractivity contribution < 1.29 is 27.1 Å². The summed E-state index contributed by atoms with van der Waals surface area (Å²) in [6.07, 6.45) is 4.33. The number of amides is 3. The van der Waals surface area contributed by atoms with E-state index in [4.69, 9.17) is 4.74 Å². The lowest BCUT2D eigenvalue weighted by Gasteiger charge is -2.38. The Balaban J connectivity index is 0.00000500. The van der Waals surface area contributed by atoms with Crippen LogP contribution in [-0.4, -0.2) is 55.6 Å². The number of rotatable bonds is 10. The van der Waals surface area contributed by atoms with Gasteiger partial charge in [0.05, 0.1) is 11.9 Å². The molecule has 3 aromatic carbocycles. The molecule has 4 aromatic rings. The molecule has 13 heteroatoms. The number of pyridine rings is 1. The molecule has 1 fully saturated rings. The maximum absolute atomic E-state index is 14.2. The van der Waals surface area contributed by atoms with Gasteiger partial charge in [-0.25, -0.2) is 22.6 Å². The number of sulfonamides is 1. The van der Waals surface area contributed by atoms with Gasteiger partial charge in [0, 0.05) is 61.9 Å². The first kappa shape index (κ1) is 34.9. The molecule has 11 nitrogen and oxygen atoms in total. The number of urea groups is 1. The van der Waals surface area contributed by atoms with Crippen LogP contribution in [0.4, 0.5) is 31.9 Å². The number of para-hydroxylation sites is 1. The zero-order valence-electron chi connectivity index (χ0n) is 25.4. The Labute approximate surface area is 274 Å².